The number of hydrogen-bond donors (Lipinski definition) is 1. The number of anilines is 1. The number of rotatable bonds is 7. The van der Waals surface area contributed by atoms with Gasteiger partial charge in [0.05, 0.1) is 5.56 Å². The number of esters is 1. The molecule has 0 heterocycles. The van der Waals surface area contributed by atoms with Crippen molar-refractivity contribution in [3.8, 4) is 0 Å². The molecule has 0 aliphatic heterocycles. The summed E-state index contributed by atoms with van der Waals surface area (Å²) >= 11 is 0. The summed E-state index contributed by atoms with van der Waals surface area (Å²) in [6.07, 6.45) is 8.34. The number of carbonyl (C=O) groups excluding carboxylic acids is 1. The Morgan fingerprint density at radius 2 is 1.90 bits per heavy atom. The first-order valence-corrected chi connectivity index (χ1v) is 7.14. The highest BCUT2D eigenvalue weighted by atomic mass is 16.6. The van der Waals surface area contributed by atoms with E-state index in [-0.39, 0.29) is 5.97 Å². The summed E-state index contributed by atoms with van der Waals surface area (Å²) in [4.78, 5) is 12.0. The molecule has 2 N–H and O–H groups in total. The third kappa shape index (κ3) is 5.91. The zero-order valence-electron chi connectivity index (χ0n) is 12.7. The van der Waals surface area contributed by atoms with Gasteiger partial charge in [-0.15, -0.1) is 0 Å². The Hall–Kier alpha value is -1.77. The van der Waals surface area contributed by atoms with E-state index in [0.29, 0.717) is 11.3 Å². The summed E-state index contributed by atoms with van der Waals surface area (Å²) in [7, 11) is 0. The molecule has 0 aliphatic rings. The molecule has 3 nitrogen and oxygen atoms in total. The largest absolute Gasteiger partial charge is 0.456 e. The van der Waals surface area contributed by atoms with Gasteiger partial charge in [-0.05, 0) is 70.7 Å². The molecule has 0 aliphatic carbocycles. The molecule has 1 aromatic carbocycles. The Kier molecular flexibility index (Phi) is 6.29. The van der Waals surface area contributed by atoms with Crippen molar-refractivity contribution < 1.29 is 9.53 Å². The van der Waals surface area contributed by atoms with Crippen LogP contribution in [-0.2, 0) is 4.74 Å². The minimum Gasteiger partial charge on any atom is -0.456 e. The fourth-order valence-electron chi connectivity index (χ4n) is 1.96. The monoisotopic (exact) mass is 275 g/mol. The van der Waals surface area contributed by atoms with Crippen LogP contribution in [0.15, 0.2) is 36.4 Å². The van der Waals surface area contributed by atoms with Crippen molar-refractivity contribution in [2.75, 3.05) is 5.73 Å². The van der Waals surface area contributed by atoms with Crippen LogP contribution in [0.4, 0.5) is 5.69 Å². The number of nitrogen functional groups attached to an aromatic ring is 1. The summed E-state index contributed by atoms with van der Waals surface area (Å²) in [5, 5.41) is 0. The van der Waals surface area contributed by atoms with Crippen molar-refractivity contribution in [2.45, 2.75) is 52.1 Å². The van der Waals surface area contributed by atoms with E-state index in [4.69, 9.17) is 10.5 Å². The van der Waals surface area contributed by atoms with Crippen molar-refractivity contribution in [3.05, 3.63) is 42.0 Å². The number of unbranched alkanes of at least 4 members (excludes halogenated alkanes) is 2. The molecule has 3 heteroatoms. The number of benzene rings is 1. The van der Waals surface area contributed by atoms with Crippen molar-refractivity contribution in [1.82, 2.24) is 0 Å². The maximum absolute atomic E-state index is 12.0. The fraction of sp³-hybridized carbons (Fsp3) is 0.471. The van der Waals surface area contributed by atoms with Gasteiger partial charge in [-0.25, -0.2) is 4.79 Å². The second kappa shape index (κ2) is 7.73. The normalized spacial score (nSPS) is 11.8. The molecule has 0 bridgehead atoms. The first-order chi connectivity index (χ1) is 9.44. The van der Waals surface area contributed by atoms with Gasteiger partial charge in [0.2, 0.25) is 0 Å². The molecule has 0 radical (unpaired) electrons. The van der Waals surface area contributed by atoms with Gasteiger partial charge < -0.3 is 10.5 Å². The first-order valence-electron chi connectivity index (χ1n) is 7.14. The summed E-state index contributed by atoms with van der Waals surface area (Å²) in [6.45, 7) is 5.94. The summed E-state index contributed by atoms with van der Waals surface area (Å²) in [6, 6.07) is 6.81. The average Bonchev–Trinajstić information content (AvgIpc) is 2.38. The molecule has 1 aromatic rings. The highest BCUT2D eigenvalue weighted by Crippen LogP contribution is 2.21. The summed E-state index contributed by atoms with van der Waals surface area (Å²) in [5.74, 6) is -0.288. The van der Waals surface area contributed by atoms with Crippen LogP contribution in [0, 0.1) is 0 Å². The van der Waals surface area contributed by atoms with Crippen molar-refractivity contribution in [3.63, 3.8) is 0 Å². The molecule has 0 saturated heterocycles. The second-order valence-electron chi connectivity index (χ2n) is 5.59. The van der Waals surface area contributed by atoms with Gasteiger partial charge in [0, 0.05) is 5.69 Å². The number of carbonyl (C=O) groups is 1. The molecule has 0 amide bonds. The topological polar surface area (TPSA) is 52.3 Å². The number of allylic oxidation sites excluding steroid dienone is 2. The Balaban J connectivity index is 2.44. The molecule has 1 rings (SSSR count). The average molecular weight is 275 g/mol. The van der Waals surface area contributed by atoms with E-state index in [2.05, 4.69) is 12.2 Å². The minimum atomic E-state index is -0.436. The van der Waals surface area contributed by atoms with Gasteiger partial charge >= 0.3 is 5.97 Å². The van der Waals surface area contributed by atoms with E-state index in [1.165, 1.54) is 0 Å². The maximum Gasteiger partial charge on any atom is 0.338 e. The van der Waals surface area contributed by atoms with Gasteiger partial charge in [0.25, 0.3) is 0 Å². The van der Waals surface area contributed by atoms with Gasteiger partial charge in [0.1, 0.15) is 5.60 Å². The third-order valence-electron chi connectivity index (χ3n) is 3.15. The number of hydrogen-bond acceptors (Lipinski definition) is 3. The van der Waals surface area contributed by atoms with Gasteiger partial charge in [-0.1, -0.05) is 12.2 Å². The lowest BCUT2D eigenvalue weighted by molar-refractivity contribution is -0.00541. The van der Waals surface area contributed by atoms with Crippen LogP contribution in [0.1, 0.15) is 56.8 Å². The Bertz CT molecular complexity index is 447. The molecule has 0 fully saturated rings. The Labute approximate surface area is 121 Å². The van der Waals surface area contributed by atoms with Gasteiger partial charge in [0.15, 0.2) is 0 Å². The van der Waals surface area contributed by atoms with Crippen LogP contribution in [0.3, 0.4) is 0 Å². The third-order valence-corrected chi connectivity index (χ3v) is 3.15. The molecule has 0 aromatic heterocycles. The van der Waals surface area contributed by atoms with Crippen LogP contribution in [0.5, 0.6) is 0 Å². The SMILES string of the molecule is C/C=C/CCCCC(C)(C)OC(=O)c1ccc(N)cc1. The van der Waals surface area contributed by atoms with Crippen LogP contribution < -0.4 is 5.73 Å². The van der Waals surface area contributed by atoms with E-state index in [1.54, 1.807) is 24.3 Å². The molecular formula is C17H25NO2. The fourth-order valence-corrected chi connectivity index (χ4v) is 1.96. The Morgan fingerprint density at radius 1 is 1.25 bits per heavy atom. The van der Waals surface area contributed by atoms with E-state index in [9.17, 15) is 4.79 Å². The predicted octanol–water partition coefficient (Wildman–Crippen LogP) is 4.34. The van der Waals surface area contributed by atoms with Crippen molar-refractivity contribution in [1.29, 1.82) is 0 Å². The van der Waals surface area contributed by atoms with Gasteiger partial charge in [-0.3, -0.25) is 0 Å². The lowest BCUT2D eigenvalue weighted by atomic mass is 10.00. The molecule has 0 atom stereocenters. The van der Waals surface area contributed by atoms with E-state index >= 15 is 0 Å². The lowest BCUT2D eigenvalue weighted by Crippen LogP contribution is -2.28. The minimum absolute atomic E-state index is 0.288. The highest BCUT2D eigenvalue weighted by molar-refractivity contribution is 5.90. The smallest absolute Gasteiger partial charge is 0.338 e. The van der Waals surface area contributed by atoms with Gasteiger partial charge in [-0.2, -0.15) is 0 Å². The quantitative estimate of drug-likeness (QED) is 0.348. The van der Waals surface area contributed by atoms with Crippen molar-refractivity contribution >= 4 is 11.7 Å². The van der Waals surface area contributed by atoms with E-state index < -0.39 is 5.60 Å². The van der Waals surface area contributed by atoms with Crippen LogP contribution in [0.25, 0.3) is 0 Å². The first kappa shape index (κ1) is 16.3. The Morgan fingerprint density at radius 3 is 2.50 bits per heavy atom. The second-order valence-corrected chi connectivity index (χ2v) is 5.59. The van der Waals surface area contributed by atoms with E-state index in [1.807, 2.05) is 20.8 Å². The van der Waals surface area contributed by atoms with Crippen LogP contribution in [-0.4, -0.2) is 11.6 Å². The molecule has 0 saturated carbocycles. The highest BCUT2D eigenvalue weighted by Gasteiger charge is 2.23. The summed E-state index contributed by atoms with van der Waals surface area (Å²) in [5.41, 5.74) is 6.35. The zero-order chi connectivity index (χ0) is 15.0. The number of nitrogens with two attached hydrogens (primary N) is 1. The zero-order valence-corrected chi connectivity index (χ0v) is 12.7. The summed E-state index contributed by atoms with van der Waals surface area (Å²) < 4.78 is 5.57. The maximum atomic E-state index is 12.0. The van der Waals surface area contributed by atoms with Crippen LogP contribution in [0.2, 0.25) is 0 Å². The molecular weight excluding hydrogens is 250 g/mol. The standard InChI is InChI=1S/C17H25NO2/c1-4-5-6-7-8-13-17(2,3)20-16(19)14-9-11-15(18)12-10-14/h4-5,9-12H,6-8,13,18H2,1-3H3/b5-4+. The molecule has 0 spiro atoms. The predicted molar refractivity (Wildman–Crippen MR) is 83.6 cm³/mol. The van der Waals surface area contributed by atoms with Crippen molar-refractivity contribution in [2.24, 2.45) is 0 Å². The lowest BCUT2D eigenvalue weighted by Gasteiger charge is -2.25. The number of ether oxygens (including phenoxy) is 1. The van der Waals surface area contributed by atoms with E-state index in [0.717, 1.165) is 25.7 Å². The molecule has 20 heavy (non-hydrogen) atoms. The molecule has 0 unspecified atom stereocenters. The molecule has 110 valence electrons. The van der Waals surface area contributed by atoms with Crippen LogP contribution >= 0.6 is 0 Å².